The Morgan fingerprint density at radius 1 is 1.21 bits per heavy atom. The Balaban J connectivity index is 1.72. The van der Waals surface area contributed by atoms with Gasteiger partial charge in [0.15, 0.2) is 0 Å². The van der Waals surface area contributed by atoms with E-state index >= 15 is 0 Å². The number of halogens is 1. The summed E-state index contributed by atoms with van der Waals surface area (Å²) in [5, 5.41) is 30.3. The molecule has 1 aromatic heterocycles. The van der Waals surface area contributed by atoms with E-state index in [1.54, 1.807) is 29.8 Å². The summed E-state index contributed by atoms with van der Waals surface area (Å²) in [7, 11) is 0. The van der Waals surface area contributed by atoms with Crippen LogP contribution in [0, 0.1) is 6.92 Å². The summed E-state index contributed by atoms with van der Waals surface area (Å²) >= 11 is 6.31. The quantitative estimate of drug-likeness (QED) is 0.437. The van der Waals surface area contributed by atoms with Crippen molar-refractivity contribution in [2.24, 2.45) is 0 Å². The van der Waals surface area contributed by atoms with Crippen LogP contribution >= 0.6 is 11.6 Å². The lowest BCUT2D eigenvalue weighted by Crippen LogP contribution is -2.42. The Kier molecular flexibility index (Phi) is 8.51. The number of aromatic nitrogens is 2. The van der Waals surface area contributed by atoms with Crippen LogP contribution in [0.25, 0.3) is 11.3 Å². The summed E-state index contributed by atoms with van der Waals surface area (Å²) in [6.45, 7) is 3.64. The number of benzene rings is 1. The molecule has 3 rings (SSSR count). The van der Waals surface area contributed by atoms with Crippen molar-refractivity contribution in [1.82, 2.24) is 20.4 Å². The van der Waals surface area contributed by atoms with E-state index < -0.39 is 5.60 Å². The molecule has 0 radical (unpaired) electrons. The van der Waals surface area contributed by atoms with E-state index in [4.69, 9.17) is 16.7 Å². The molecule has 33 heavy (non-hydrogen) atoms. The van der Waals surface area contributed by atoms with Crippen molar-refractivity contribution < 1.29 is 19.8 Å². The smallest absolute Gasteiger partial charge is 0.252 e. The number of hydrogen-bond donors (Lipinski definition) is 4. The van der Waals surface area contributed by atoms with Crippen LogP contribution in [-0.2, 0) is 11.3 Å². The first kappa shape index (κ1) is 25.2. The van der Waals surface area contributed by atoms with Crippen molar-refractivity contribution in [3.63, 3.8) is 0 Å². The van der Waals surface area contributed by atoms with Crippen LogP contribution in [0.15, 0.2) is 24.3 Å². The van der Waals surface area contributed by atoms with Gasteiger partial charge in [0.05, 0.1) is 28.5 Å². The van der Waals surface area contributed by atoms with Gasteiger partial charge in [-0.25, -0.2) is 0 Å². The molecular formula is C24H33ClN4O4. The number of aliphatic hydroxyl groups excluding tert-OH is 1. The molecule has 1 aliphatic rings. The number of carbonyl (C=O) groups excluding carboxylic acids is 2. The summed E-state index contributed by atoms with van der Waals surface area (Å²) < 4.78 is 1.57. The summed E-state index contributed by atoms with van der Waals surface area (Å²) in [5.74, 6) is -0.588. The number of amides is 2. The highest BCUT2D eigenvalue weighted by atomic mass is 35.5. The summed E-state index contributed by atoms with van der Waals surface area (Å²) in [6.07, 6.45) is 5.50. The molecule has 1 heterocycles. The molecule has 1 unspecified atom stereocenters. The van der Waals surface area contributed by atoms with E-state index in [1.165, 1.54) is 0 Å². The van der Waals surface area contributed by atoms with Crippen molar-refractivity contribution in [2.75, 3.05) is 13.2 Å². The molecule has 8 nitrogen and oxygen atoms in total. The number of aliphatic hydroxyl groups is 2. The third-order valence-electron chi connectivity index (χ3n) is 6.07. The lowest BCUT2D eigenvalue weighted by molar-refractivity contribution is -0.122. The van der Waals surface area contributed by atoms with Crippen LogP contribution in [0.3, 0.4) is 0 Å². The molecule has 2 aromatic rings. The van der Waals surface area contributed by atoms with E-state index in [-0.39, 0.29) is 37.6 Å². The zero-order chi connectivity index (χ0) is 24.0. The van der Waals surface area contributed by atoms with Gasteiger partial charge in [0, 0.05) is 23.8 Å². The van der Waals surface area contributed by atoms with Gasteiger partial charge in [-0.3, -0.25) is 14.3 Å². The molecule has 1 aromatic carbocycles. The zero-order valence-electron chi connectivity index (χ0n) is 19.2. The second kappa shape index (κ2) is 11.1. The number of hydrogen-bond acceptors (Lipinski definition) is 5. The average Bonchev–Trinajstić information content (AvgIpc) is 3.00. The van der Waals surface area contributed by atoms with Crippen molar-refractivity contribution in [3.05, 3.63) is 40.5 Å². The maximum absolute atomic E-state index is 12.9. The Labute approximate surface area is 199 Å². The fraction of sp³-hybridized carbons (Fsp3) is 0.542. The van der Waals surface area contributed by atoms with Gasteiger partial charge in [0.25, 0.3) is 5.91 Å². The van der Waals surface area contributed by atoms with Crippen molar-refractivity contribution in [2.45, 2.75) is 70.6 Å². The molecule has 4 N–H and O–H groups in total. The minimum absolute atomic E-state index is 0.0235. The molecule has 1 atom stereocenters. The van der Waals surface area contributed by atoms with Gasteiger partial charge in [0.2, 0.25) is 5.91 Å². The first-order chi connectivity index (χ1) is 15.7. The van der Waals surface area contributed by atoms with E-state index in [2.05, 4.69) is 15.7 Å². The predicted molar refractivity (Wildman–Crippen MR) is 127 cm³/mol. The number of aryl methyl sites for hydroxylation is 1. The summed E-state index contributed by atoms with van der Waals surface area (Å²) in [6, 6.07) is 6.60. The normalized spacial score (nSPS) is 16.6. The Bertz CT molecular complexity index is 983. The predicted octanol–water partition coefficient (Wildman–Crippen LogP) is 2.82. The highest BCUT2D eigenvalue weighted by molar-refractivity contribution is 6.34. The fourth-order valence-corrected chi connectivity index (χ4v) is 4.28. The van der Waals surface area contributed by atoms with Crippen LogP contribution in [0.1, 0.15) is 61.5 Å². The van der Waals surface area contributed by atoms with E-state index in [9.17, 15) is 14.7 Å². The summed E-state index contributed by atoms with van der Waals surface area (Å²) in [4.78, 5) is 25.0. The lowest BCUT2D eigenvalue weighted by atomic mass is 9.94. The number of carbonyl (C=O) groups is 2. The molecule has 2 amide bonds. The first-order valence-corrected chi connectivity index (χ1v) is 11.8. The highest BCUT2D eigenvalue weighted by Gasteiger charge is 2.29. The van der Waals surface area contributed by atoms with E-state index in [0.717, 1.165) is 31.4 Å². The zero-order valence-corrected chi connectivity index (χ0v) is 20.0. The van der Waals surface area contributed by atoms with Crippen LogP contribution in [-0.4, -0.2) is 56.6 Å². The summed E-state index contributed by atoms with van der Waals surface area (Å²) in [5.41, 5.74) is 1.54. The molecule has 1 saturated carbocycles. The van der Waals surface area contributed by atoms with Crippen LogP contribution in [0.4, 0.5) is 0 Å². The number of nitrogens with one attached hydrogen (secondary N) is 2. The SMILES string of the molecule is Cc1cc(-c2ccc(Cl)c(C(=O)NCC3(O)CCCCCC3)c2)nn1CC(=O)NC(C)CO. The van der Waals surface area contributed by atoms with Gasteiger partial charge >= 0.3 is 0 Å². The Hall–Kier alpha value is -2.42. The highest BCUT2D eigenvalue weighted by Crippen LogP contribution is 2.28. The van der Waals surface area contributed by atoms with Gasteiger partial charge in [-0.1, -0.05) is 43.4 Å². The van der Waals surface area contributed by atoms with E-state index in [1.807, 2.05) is 13.0 Å². The molecule has 1 fully saturated rings. The molecule has 1 aliphatic carbocycles. The Morgan fingerprint density at radius 2 is 1.91 bits per heavy atom. The topological polar surface area (TPSA) is 116 Å². The van der Waals surface area contributed by atoms with Gasteiger partial charge in [0.1, 0.15) is 6.54 Å². The molecule has 180 valence electrons. The monoisotopic (exact) mass is 476 g/mol. The minimum atomic E-state index is -0.875. The maximum Gasteiger partial charge on any atom is 0.252 e. The molecule has 0 saturated heterocycles. The fourth-order valence-electron chi connectivity index (χ4n) is 4.08. The molecule has 9 heteroatoms. The van der Waals surface area contributed by atoms with Crippen molar-refractivity contribution in [3.8, 4) is 11.3 Å². The number of nitrogens with zero attached hydrogens (tertiary/aromatic N) is 2. The minimum Gasteiger partial charge on any atom is -0.394 e. The van der Waals surface area contributed by atoms with Gasteiger partial charge < -0.3 is 20.8 Å². The standard InChI is InChI=1S/C24H33ClN4O4/c1-16(14-30)27-22(31)13-29-17(2)11-21(28-29)18-7-8-20(25)19(12-18)23(32)26-15-24(33)9-5-3-4-6-10-24/h7-8,11-12,16,30,33H,3-6,9-10,13-15H2,1-2H3,(H,26,32)(H,27,31). The van der Waals surface area contributed by atoms with Crippen LogP contribution < -0.4 is 10.6 Å². The van der Waals surface area contributed by atoms with Gasteiger partial charge in [-0.05, 0) is 44.9 Å². The number of rotatable bonds is 8. The molecular weight excluding hydrogens is 444 g/mol. The average molecular weight is 477 g/mol. The van der Waals surface area contributed by atoms with E-state index in [0.29, 0.717) is 34.7 Å². The lowest BCUT2D eigenvalue weighted by Gasteiger charge is -2.26. The van der Waals surface area contributed by atoms with Gasteiger partial charge in [-0.15, -0.1) is 0 Å². The van der Waals surface area contributed by atoms with Crippen molar-refractivity contribution in [1.29, 1.82) is 0 Å². The largest absolute Gasteiger partial charge is 0.394 e. The van der Waals surface area contributed by atoms with Crippen LogP contribution in [0.5, 0.6) is 0 Å². The second-order valence-electron chi connectivity index (χ2n) is 9.00. The van der Waals surface area contributed by atoms with Gasteiger partial charge in [-0.2, -0.15) is 5.10 Å². The third-order valence-corrected chi connectivity index (χ3v) is 6.40. The Morgan fingerprint density at radius 3 is 2.58 bits per heavy atom. The molecule has 0 aliphatic heterocycles. The van der Waals surface area contributed by atoms with Crippen LogP contribution in [0.2, 0.25) is 5.02 Å². The van der Waals surface area contributed by atoms with Crippen molar-refractivity contribution >= 4 is 23.4 Å². The molecule has 0 bridgehead atoms. The maximum atomic E-state index is 12.9. The first-order valence-electron chi connectivity index (χ1n) is 11.5. The molecule has 0 spiro atoms. The second-order valence-corrected chi connectivity index (χ2v) is 9.40. The third kappa shape index (κ3) is 6.79.